The summed E-state index contributed by atoms with van der Waals surface area (Å²) < 4.78 is 0. The first-order valence-corrected chi connectivity index (χ1v) is 6.35. The topological polar surface area (TPSA) is 84.3 Å². The number of hydrogen-bond donors (Lipinski definition) is 2. The normalized spacial score (nSPS) is 17.4. The molecule has 0 aromatic rings. The number of piperazine rings is 1. The van der Waals surface area contributed by atoms with Gasteiger partial charge in [0.05, 0.1) is 5.60 Å². The van der Waals surface area contributed by atoms with Crippen LogP contribution in [-0.2, 0) is 4.79 Å². The lowest BCUT2D eigenvalue weighted by molar-refractivity contribution is -0.137. The number of β-amino-alcohol motifs (C(OH)–C–C–N with tert-alkyl or cyclic N) is 1. The van der Waals surface area contributed by atoms with E-state index in [1.807, 2.05) is 0 Å². The number of aliphatic carboxylic acids is 1. The van der Waals surface area contributed by atoms with E-state index in [9.17, 15) is 14.7 Å². The van der Waals surface area contributed by atoms with Gasteiger partial charge in [0.1, 0.15) is 6.54 Å². The third kappa shape index (κ3) is 5.44. The second-order valence-electron chi connectivity index (χ2n) is 5.61. The molecule has 1 fully saturated rings. The standard InChI is InChI=1S/C12H23N3O4/c1-12(2,19)9-14-4-6-15(7-5-14)11(18)13(3)8-10(16)17/h19H,4-9H2,1-3H3,(H,16,17). The summed E-state index contributed by atoms with van der Waals surface area (Å²) in [6.07, 6.45) is 0. The lowest BCUT2D eigenvalue weighted by Crippen LogP contribution is -2.54. The molecule has 2 N–H and O–H groups in total. The van der Waals surface area contributed by atoms with Crippen LogP contribution in [0, 0.1) is 0 Å². The van der Waals surface area contributed by atoms with Crippen molar-refractivity contribution in [2.45, 2.75) is 19.4 Å². The predicted octanol–water partition coefficient (Wildman–Crippen LogP) is -0.489. The van der Waals surface area contributed by atoms with Gasteiger partial charge >= 0.3 is 12.0 Å². The summed E-state index contributed by atoms with van der Waals surface area (Å²) in [6.45, 7) is 6.28. The Morgan fingerprint density at radius 1 is 1.21 bits per heavy atom. The Morgan fingerprint density at radius 2 is 1.74 bits per heavy atom. The van der Waals surface area contributed by atoms with Crippen molar-refractivity contribution < 1.29 is 19.8 Å². The van der Waals surface area contributed by atoms with Crippen molar-refractivity contribution in [3.8, 4) is 0 Å². The number of rotatable bonds is 4. The number of carboxylic acids is 1. The van der Waals surface area contributed by atoms with Gasteiger partial charge in [0.2, 0.25) is 0 Å². The van der Waals surface area contributed by atoms with Crippen LogP contribution < -0.4 is 0 Å². The van der Waals surface area contributed by atoms with E-state index >= 15 is 0 Å². The van der Waals surface area contributed by atoms with Crippen LogP contribution in [0.3, 0.4) is 0 Å². The van der Waals surface area contributed by atoms with E-state index in [0.717, 1.165) is 0 Å². The van der Waals surface area contributed by atoms with Crippen LogP contribution >= 0.6 is 0 Å². The summed E-state index contributed by atoms with van der Waals surface area (Å²) in [7, 11) is 1.49. The zero-order chi connectivity index (χ0) is 14.6. The predicted molar refractivity (Wildman–Crippen MR) is 70.0 cm³/mol. The van der Waals surface area contributed by atoms with E-state index in [1.165, 1.54) is 11.9 Å². The highest BCUT2D eigenvalue weighted by atomic mass is 16.4. The summed E-state index contributed by atoms with van der Waals surface area (Å²) in [5, 5.41) is 18.4. The van der Waals surface area contributed by atoms with Crippen LogP contribution in [0.5, 0.6) is 0 Å². The number of urea groups is 1. The van der Waals surface area contributed by atoms with Crippen molar-refractivity contribution in [1.29, 1.82) is 0 Å². The SMILES string of the molecule is CN(CC(=O)O)C(=O)N1CCN(CC(C)(C)O)CC1. The maximum Gasteiger partial charge on any atom is 0.323 e. The first-order chi connectivity index (χ1) is 8.69. The van der Waals surface area contributed by atoms with Gasteiger partial charge in [-0.25, -0.2) is 4.79 Å². The fourth-order valence-corrected chi connectivity index (χ4v) is 2.16. The van der Waals surface area contributed by atoms with Crippen LogP contribution in [0.2, 0.25) is 0 Å². The maximum atomic E-state index is 11.9. The van der Waals surface area contributed by atoms with Gasteiger partial charge in [0, 0.05) is 39.8 Å². The molecule has 7 heteroatoms. The van der Waals surface area contributed by atoms with Crippen molar-refractivity contribution in [3.63, 3.8) is 0 Å². The molecule has 0 bridgehead atoms. The molecule has 0 aromatic heterocycles. The van der Waals surface area contributed by atoms with Crippen molar-refractivity contribution in [2.75, 3.05) is 46.3 Å². The van der Waals surface area contributed by atoms with Crippen LogP contribution in [0.15, 0.2) is 0 Å². The average Bonchev–Trinajstić information content (AvgIpc) is 2.26. The van der Waals surface area contributed by atoms with E-state index in [2.05, 4.69) is 4.90 Å². The molecule has 110 valence electrons. The molecule has 1 aliphatic rings. The molecule has 0 radical (unpaired) electrons. The number of hydrogen-bond acceptors (Lipinski definition) is 4. The van der Waals surface area contributed by atoms with Gasteiger partial charge in [-0.15, -0.1) is 0 Å². The molecule has 0 aromatic carbocycles. The van der Waals surface area contributed by atoms with E-state index in [0.29, 0.717) is 32.7 Å². The van der Waals surface area contributed by atoms with E-state index < -0.39 is 11.6 Å². The van der Waals surface area contributed by atoms with Crippen LogP contribution in [0.1, 0.15) is 13.8 Å². The quantitative estimate of drug-likeness (QED) is 0.722. The Hall–Kier alpha value is -1.34. The third-order valence-corrected chi connectivity index (χ3v) is 2.95. The lowest BCUT2D eigenvalue weighted by Gasteiger charge is -2.38. The second kappa shape index (κ2) is 6.21. The van der Waals surface area contributed by atoms with Crippen LogP contribution in [0.25, 0.3) is 0 Å². The largest absolute Gasteiger partial charge is 0.480 e. The highest BCUT2D eigenvalue weighted by molar-refractivity contribution is 5.80. The van der Waals surface area contributed by atoms with Crippen molar-refractivity contribution in [2.24, 2.45) is 0 Å². The number of likely N-dealkylation sites (N-methyl/N-ethyl adjacent to an activating group) is 1. The summed E-state index contributed by atoms with van der Waals surface area (Å²) in [6, 6.07) is -0.259. The van der Waals surface area contributed by atoms with Crippen LogP contribution in [0.4, 0.5) is 4.79 Å². The van der Waals surface area contributed by atoms with Crippen molar-refractivity contribution in [1.82, 2.24) is 14.7 Å². The highest BCUT2D eigenvalue weighted by Crippen LogP contribution is 2.09. The number of carbonyl (C=O) groups is 2. The maximum absolute atomic E-state index is 11.9. The van der Waals surface area contributed by atoms with Gasteiger partial charge < -0.3 is 20.0 Å². The molecule has 19 heavy (non-hydrogen) atoms. The lowest BCUT2D eigenvalue weighted by atomic mass is 10.1. The van der Waals surface area contributed by atoms with E-state index in [4.69, 9.17) is 5.11 Å². The summed E-state index contributed by atoms with van der Waals surface area (Å²) in [5.41, 5.74) is -0.744. The van der Waals surface area contributed by atoms with E-state index in [1.54, 1.807) is 18.7 Å². The Balaban J connectivity index is 2.41. The fraction of sp³-hybridized carbons (Fsp3) is 0.833. The minimum atomic E-state index is -1.02. The van der Waals surface area contributed by atoms with Crippen LogP contribution in [-0.4, -0.2) is 88.8 Å². The van der Waals surface area contributed by atoms with Crippen molar-refractivity contribution >= 4 is 12.0 Å². The summed E-state index contributed by atoms with van der Waals surface area (Å²) in [4.78, 5) is 27.4. The molecule has 0 unspecified atom stereocenters. The molecule has 7 nitrogen and oxygen atoms in total. The molecule has 0 spiro atoms. The Morgan fingerprint density at radius 3 is 2.16 bits per heavy atom. The number of carbonyl (C=O) groups excluding carboxylic acids is 1. The molecule has 1 rings (SSSR count). The summed E-state index contributed by atoms with van der Waals surface area (Å²) in [5.74, 6) is -1.02. The molecule has 1 heterocycles. The minimum absolute atomic E-state index is 0.259. The molecule has 0 saturated carbocycles. The Bertz CT molecular complexity index is 332. The Kier molecular flexibility index (Phi) is 5.13. The third-order valence-electron chi connectivity index (χ3n) is 2.95. The van der Waals surface area contributed by atoms with Gasteiger partial charge in [-0.1, -0.05) is 0 Å². The molecular weight excluding hydrogens is 250 g/mol. The molecule has 1 saturated heterocycles. The highest BCUT2D eigenvalue weighted by Gasteiger charge is 2.26. The van der Waals surface area contributed by atoms with Crippen molar-refractivity contribution in [3.05, 3.63) is 0 Å². The number of aliphatic hydroxyl groups is 1. The smallest absolute Gasteiger partial charge is 0.323 e. The zero-order valence-corrected chi connectivity index (χ0v) is 11.8. The first kappa shape index (κ1) is 15.7. The first-order valence-electron chi connectivity index (χ1n) is 6.35. The fourth-order valence-electron chi connectivity index (χ4n) is 2.16. The Labute approximate surface area is 113 Å². The zero-order valence-electron chi connectivity index (χ0n) is 11.8. The molecular formula is C12H23N3O4. The molecule has 0 atom stereocenters. The minimum Gasteiger partial charge on any atom is -0.480 e. The van der Waals surface area contributed by atoms with Gasteiger partial charge in [0.15, 0.2) is 0 Å². The van der Waals surface area contributed by atoms with Gasteiger partial charge in [-0.05, 0) is 13.8 Å². The average molecular weight is 273 g/mol. The molecule has 2 amide bonds. The van der Waals surface area contributed by atoms with Gasteiger partial charge in [-0.3, -0.25) is 9.69 Å². The number of carboxylic acid groups (broad SMARTS) is 1. The van der Waals surface area contributed by atoms with Gasteiger partial charge in [-0.2, -0.15) is 0 Å². The monoisotopic (exact) mass is 273 g/mol. The molecule has 0 aliphatic carbocycles. The van der Waals surface area contributed by atoms with E-state index in [-0.39, 0.29) is 12.6 Å². The number of amides is 2. The second-order valence-corrected chi connectivity index (χ2v) is 5.61. The molecule has 1 aliphatic heterocycles. The number of nitrogens with zero attached hydrogens (tertiary/aromatic N) is 3. The summed E-state index contributed by atoms with van der Waals surface area (Å²) >= 11 is 0. The van der Waals surface area contributed by atoms with Gasteiger partial charge in [0.25, 0.3) is 0 Å².